The molecule has 0 aliphatic carbocycles. The normalized spacial score (nSPS) is 22.2. The van der Waals surface area contributed by atoms with Gasteiger partial charge in [0.15, 0.2) is 5.17 Å². The highest BCUT2D eigenvalue weighted by Gasteiger charge is 2.25. The van der Waals surface area contributed by atoms with Crippen molar-refractivity contribution in [1.82, 2.24) is 5.32 Å². The first-order valence-corrected chi connectivity index (χ1v) is 8.53. The van der Waals surface area contributed by atoms with E-state index in [4.69, 9.17) is 0 Å². The lowest BCUT2D eigenvalue weighted by molar-refractivity contribution is 0.479. The summed E-state index contributed by atoms with van der Waals surface area (Å²) in [6.45, 7) is 6.21. The van der Waals surface area contributed by atoms with Crippen molar-refractivity contribution in [2.75, 3.05) is 25.1 Å². The first kappa shape index (κ1) is 14.0. The molecule has 0 spiro atoms. The standard InChI is InChI=1S/C11H22N2OS2/c1-4-9(5-2)10-8-13-11(15-10)12-6-7-16(3)14/h9-10H,4-8H2,1-3H3,(H,12,13). The van der Waals surface area contributed by atoms with Crippen molar-refractivity contribution in [1.29, 1.82) is 0 Å². The van der Waals surface area contributed by atoms with Gasteiger partial charge < -0.3 is 5.32 Å². The van der Waals surface area contributed by atoms with Gasteiger partial charge in [-0.2, -0.15) is 0 Å². The summed E-state index contributed by atoms with van der Waals surface area (Å²) >= 11 is 1.86. The molecule has 5 heteroatoms. The summed E-state index contributed by atoms with van der Waals surface area (Å²) < 4.78 is 10.9. The molecule has 1 N–H and O–H groups in total. The summed E-state index contributed by atoms with van der Waals surface area (Å²) in [7, 11) is -0.713. The lowest BCUT2D eigenvalue weighted by Gasteiger charge is -2.18. The molecule has 3 nitrogen and oxygen atoms in total. The molecule has 0 amide bonds. The molecule has 2 atom stereocenters. The lowest BCUT2D eigenvalue weighted by Crippen LogP contribution is -2.25. The highest BCUT2D eigenvalue weighted by atomic mass is 32.2. The van der Waals surface area contributed by atoms with Crippen molar-refractivity contribution in [2.45, 2.75) is 31.9 Å². The molecule has 0 aromatic heterocycles. The largest absolute Gasteiger partial charge is 0.364 e. The van der Waals surface area contributed by atoms with Crippen LogP contribution in [0.1, 0.15) is 26.7 Å². The van der Waals surface area contributed by atoms with Gasteiger partial charge in [-0.15, -0.1) is 0 Å². The van der Waals surface area contributed by atoms with E-state index in [-0.39, 0.29) is 0 Å². The zero-order valence-electron chi connectivity index (χ0n) is 10.4. The van der Waals surface area contributed by atoms with E-state index in [2.05, 4.69) is 24.2 Å². The van der Waals surface area contributed by atoms with Crippen LogP contribution in [-0.4, -0.2) is 39.7 Å². The minimum absolute atomic E-state index is 0.643. The van der Waals surface area contributed by atoms with Crippen LogP contribution in [0.2, 0.25) is 0 Å². The molecular formula is C11H22N2OS2. The average molecular weight is 262 g/mol. The van der Waals surface area contributed by atoms with Gasteiger partial charge in [-0.05, 0) is 5.92 Å². The minimum atomic E-state index is -0.713. The van der Waals surface area contributed by atoms with Crippen LogP contribution in [0.5, 0.6) is 0 Å². The van der Waals surface area contributed by atoms with Crippen molar-refractivity contribution in [3.05, 3.63) is 0 Å². The fourth-order valence-electron chi connectivity index (χ4n) is 1.85. The summed E-state index contributed by atoms with van der Waals surface area (Å²) in [6, 6.07) is 0. The number of hydrogen-bond donors (Lipinski definition) is 1. The second-order valence-corrected chi connectivity index (χ2v) is 6.87. The number of rotatable bonds is 6. The van der Waals surface area contributed by atoms with E-state index >= 15 is 0 Å². The van der Waals surface area contributed by atoms with Crippen LogP contribution in [0.3, 0.4) is 0 Å². The van der Waals surface area contributed by atoms with Crippen molar-refractivity contribution in [3.8, 4) is 0 Å². The molecular weight excluding hydrogens is 240 g/mol. The van der Waals surface area contributed by atoms with E-state index in [1.807, 2.05) is 11.8 Å². The third kappa shape index (κ3) is 4.45. The Kier molecular flexibility index (Phi) is 6.43. The number of nitrogens with one attached hydrogen (secondary N) is 1. The van der Waals surface area contributed by atoms with E-state index in [9.17, 15) is 4.21 Å². The van der Waals surface area contributed by atoms with Gasteiger partial charge in [-0.25, -0.2) is 0 Å². The van der Waals surface area contributed by atoms with E-state index in [0.29, 0.717) is 11.0 Å². The van der Waals surface area contributed by atoms with Gasteiger partial charge in [0.25, 0.3) is 0 Å². The molecule has 16 heavy (non-hydrogen) atoms. The Bertz CT molecular complexity index is 265. The van der Waals surface area contributed by atoms with Crippen LogP contribution in [-0.2, 0) is 10.8 Å². The van der Waals surface area contributed by atoms with E-state index in [1.54, 1.807) is 6.26 Å². The smallest absolute Gasteiger partial charge is 0.156 e. The number of thioether (sulfide) groups is 1. The van der Waals surface area contributed by atoms with Crippen molar-refractivity contribution in [3.63, 3.8) is 0 Å². The molecule has 0 radical (unpaired) electrons. The molecule has 0 aromatic rings. The fraction of sp³-hybridized carbons (Fsp3) is 0.909. The SMILES string of the molecule is CCC(CC)C1CN=C(NCCS(C)=O)S1. The number of aliphatic imine (C=N–C) groups is 1. The molecule has 1 heterocycles. The maximum absolute atomic E-state index is 10.9. The van der Waals surface area contributed by atoms with Gasteiger partial charge in [0.1, 0.15) is 0 Å². The Morgan fingerprint density at radius 3 is 2.81 bits per heavy atom. The lowest BCUT2D eigenvalue weighted by atomic mass is 9.99. The fourth-order valence-corrected chi connectivity index (χ4v) is 3.59. The Morgan fingerprint density at radius 1 is 1.56 bits per heavy atom. The van der Waals surface area contributed by atoms with Gasteiger partial charge in [-0.1, -0.05) is 38.5 Å². The monoisotopic (exact) mass is 262 g/mol. The maximum atomic E-state index is 10.9. The van der Waals surface area contributed by atoms with Crippen LogP contribution in [0.15, 0.2) is 4.99 Å². The van der Waals surface area contributed by atoms with Crippen LogP contribution in [0.4, 0.5) is 0 Å². The van der Waals surface area contributed by atoms with Gasteiger partial charge in [0, 0.05) is 34.6 Å². The number of nitrogens with zero attached hydrogens (tertiary/aromatic N) is 1. The van der Waals surface area contributed by atoms with E-state index in [1.165, 1.54) is 12.8 Å². The molecule has 0 saturated heterocycles. The van der Waals surface area contributed by atoms with Gasteiger partial charge in [-0.3, -0.25) is 9.20 Å². The molecule has 0 fully saturated rings. The molecule has 0 aromatic carbocycles. The van der Waals surface area contributed by atoms with E-state index < -0.39 is 10.8 Å². The van der Waals surface area contributed by atoms with Crippen molar-refractivity contribution < 1.29 is 4.21 Å². The Hall–Kier alpha value is -0.0300. The first-order valence-electron chi connectivity index (χ1n) is 5.92. The van der Waals surface area contributed by atoms with E-state index in [0.717, 1.165) is 24.2 Å². The molecule has 1 aliphatic heterocycles. The van der Waals surface area contributed by atoms with Crippen molar-refractivity contribution >= 4 is 27.7 Å². The van der Waals surface area contributed by atoms with Crippen LogP contribution in [0, 0.1) is 5.92 Å². The predicted octanol–water partition coefficient (Wildman–Crippen LogP) is 1.86. The summed E-state index contributed by atoms with van der Waals surface area (Å²) in [5.41, 5.74) is 0. The molecule has 2 unspecified atom stereocenters. The Balaban J connectivity index is 2.25. The highest BCUT2D eigenvalue weighted by molar-refractivity contribution is 8.14. The molecule has 0 saturated carbocycles. The summed E-state index contributed by atoms with van der Waals surface area (Å²) in [6.07, 6.45) is 4.20. The van der Waals surface area contributed by atoms with Gasteiger partial charge in [0.05, 0.1) is 6.54 Å². The second kappa shape index (κ2) is 7.33. The molecule has 94 valence electrons. The minimum Gasteiger partial charge on any atom is -0.364 e. The Morgan fingerprint density at radius 2 is 2.25 bits per heavy atom. The van der Waals surface area contributed by atoms with Gasteiger partial charge in [0.2, 0.25) is 0 Å². The summed E-state index contributed by atoms with van der Waals surface area (Å²) in [5, 5.41) is 4.95. The summed E-state index contributed by atoms with van der Waals surface area (Å²) in [4.78, 5) is 4.50. The average Bonchev–Trinajstić information content (AvgIpc) is 2.68. The Labute approximate surface area is 105 Å². The first-order chi connectivity index (χ1) is 7.67. The third-order valence-electron chi connectivity index (χ3n) is 2.92. The zero-order valence-corrected chi connectivity index (χ0v) is 12.0. The van der Waals surface area contributed by atoms with Gasteiger partial charge >= 0.3 is 0 Å². The quantitative estimate of drug-likeness (QED) is 0.794. The second-order valence-electron chi connectivity index (χ2n) is 4.08. The number of hydrogen-bond acceptors (Lipinski definition) is 4. The molecule has 1 aliphatic rings. The molecule has 0 bridgehead atoms. The van der Waals surface area contributed by atoms with Crippen LogP contribution >= 0.6 is 11.8 Å². The summed E-state index contributed by atoms with van der Waals surface area (Å²) in [5.74, 6) is 1.48. The maximum Gasteiger partial charge on any atom is 0.156 e. The topological polar surface area (TPSA) is 41.5 Å². The molecule has 1 rings (SSSR count). The zero-order chi connectivity index (χ0) is 12.0. The highest BCUT2D eigenvalue weighted by Crippen LogP contribution is 2.30. The van der Waals surface area contributed by atoms with Crippen LogP contribution in [0.25, 0.3) is 0 Å². The third-order valence-corrected chi connectivity index (χ3v) is 5.03. The van der Waals surface area contributed by atoms with Crippen molar-refractivity contribution in [2.24, 2.45) is 10.9 Å². The number of amidine groups is 1. The van der Waals surface area contributed by atoms with Crippen LogP contribution < -0.4 is 5.32 Å². The predicted molar refractivity (Wildman–Crippen MR) is 74.7 cm³/mol.